The third-order valence-corrected chi connectivity index (χ3v) is 3.89. The first kappa shape index (κ1) is 12.8. The van der Waals surface area contributed by atoms with Crippen molar-refractivity contribution in [2.24, 2.45) is 0 Å². The molecule has 0 saturated carbocycles. The zero-order valence-electron chi connectivity index (χ0n) is 7.34. The average Bonchev–Trinajstić information content (AvgIpc) is 2.06. The monoisotopic (exact) mass is 319 g/mol. The van der Waals surface area contributed by atoms with Crippen molar-refractivity contribution in [2.45, 2.75) is 18.2 Å². The fraction of sp³-hybridized carbons (Fsp3) is 0.286. The Balaban J connectivity index is 3.52. The Labute approximate surface area is 98.0 Å². The first-order valence-electron chi connectivity index (χ1n) is 3.63. The molecule has 0 fully saturated rings. The summed E-state index contributed by atoms with van der Waals surface area (Å²) in [6, 6.07) is 0.771. The van der Waals surface area contributed by atoms with Gasteiger partial charge in [0.25, 0.3) is 15.5 Å². The predicted octanol–water partition coefficient (Wildman–Crippen LogP) is 3.02. The van der Waals surface area contributed by atoms with E-state index in [0.29, 0.717) is 0 Å². The molecule has 1 rings (SSSR count). The van der Waals surface area contributed by atoms with E-state index in [-0.39, 0.29) is 15.1 Å². The van der Waals surface area contributed by atoms with Crippen molar-refractivity contribution in [3.05, 3.63) is 21.9 Å². The number of aromatic nitrogens is 1. The second-order valence-electron chi connectivity index (χ2n) is 2.70. The number of rotatable bonds is 2. The Kier molecular flexibility index (Phi) is 3.67. The van der Waals surface area contributed by atoms with E-state index in [1.165, 1.54) is 6.92 Å². The molecule has 0 bridgehead atoms. The standard InChI is InChI=1S/C7H5BrClF2NO2S/c1-3-5(15(9,13)14)2-4(7(10)11)12-6(3)8/h2,7H,1H3. The zero-order chi connectivity index (χ0) is 11.8. The van der Waals surface area contributed by atoms with Gasteiger partial charge in [0, 0.05) is 16.2 Å². The average molecular weight is 321 g/mol. The summed E-state index contributed by atoms with van der Waals surface area (Å²) < 4.78 is 46.8. The molecular weight excluding hydrogens is 316 g/mol. The maximum absolute atomic E-state index is 12.3. The fourth-order valence-electron chi connectivity index (χ4n) is 0.939. The Morgan fingerprint density at radius 1 is 1.53 bits per heavy atom. The molecule has 0 aromatic carbocycles. The molecule has 3 nitrogen and oxygen atoms in total. The van der Waals surface area contributed by atoms with E-state index in [0.717, 1.165) is 6.07 Å². The summed E-state index contributed by atoms with van der Waals surface area (Å²) in [5.74, 6) is 0. The lowest BCUT2D eigenvalue weighted by molar-refractivity contribution is 0.145. The molecule has 0 aliphatic heterocycles. The molecule has 0 radical (unpaired) electrons. The van der Waals surface area contributed by atoms with Gasteiger partial charge in [-0.25, -0.2) is 22.2 Å². The number of halogens is 4. The van der Waals surface area contributed by atoms with Crippen LogP contribution in [0.3, 0.4) is 0 Å². The summed E-state index contributed by atoms with van der Waals surface area (Å²) >= 11 is 2.89. The predicted molar refractivity (Wildman–Crippen MR) is 54.7 cm³/mol. The van der Waals surface area contributed by atoms with Crippen LogP contribution < -0.4 is 0 Å². The molecule has 0 N–H and O–H groups in total. The summed E-state index contributed by atoms with van der Waals surface area (Å²) in [5, 5.41) is 0. The van der Waals surface area contributed by atoms with Crippen LogP contribution in [-0.4, -0.2) is 13.4 Å². The topological polar surface area (TPSA) is 47.0 Å². The van der Waals surface area contributed by atoms with Gasteiger partial charge in [0.15, 0.2) is 0 Å². The van der Waals surface area contributed by atoms with Crippen molar-refractivity contribution in [1.82, 2.24) is 4.98 Å². The van der Waals surface area contributed by atoms with Gasteiger partial charge in [0.05, 0.1) is 4.90 Å². The van der Waals surface area contributed by atoms with Gasteiger partial charge in [-0.2, -0.15) is 0 Å². The lowest BCUT2D eigenvalue weighted by atomic mass is 10.3. The molecule has 0 saturated heterocycles. The molecule has 15 heavy (non-hydrogen) atoms. The van der Waals surface area contributed by atoms with E-state index >= 15 is 0 Å². The lowest BCUT2D eigenvalue weighted by Gasteiger charge is -2.07. The minimum Gasteiger partial charge on any atom is -0.240 e. The molecule has 0 unspecified atom stereocenters. The van der Waals surface area contributed by atoms with Crippen LogP contribution in [0.5, 0.6) is 0 Å². The van der Waals surface area contributed by atoms with Crippen molar-refractivity contribution in [3.8, 4) is 0 Å². The number of hydrogen-bond donors (Lipinski definition) is 0. The SMILES string of the molecule is Cc1c(S(=O)(=O)Cl)cc(C(F)F)nc1Br. The number of alkyl halides is 2. The van der Waals surface area contributed by atoms with Gasteiger partial charge in [-0.3, -0.25) is 0 Å². The van der Waals surface area contributed by atoms with Crippen LogP contribution in [-0.2, 0) is 9.05 Å². The molecule has 1 aromatic heterocycles. The molecular formula is C7H5BrClF2NO2S. The van der Waals surface area contributed by atoms with Crippen molar-refractivity contribution in [2.75, 3.05) is 0 Å². The third kappa shape index (κ3) is 2.85. The maximum Gasteiger partial charge on any atom is 0.280 e. The highest BCUT2D eigenvalue weighted by Crippen LogP contribution is 2.29. The molecule has 0 aliphatic carbocycles. The van der Waals surface area contributed by atoms with Crippen LogP contribution in [0.15, 0.2) is 15.6 Å². The Morgan fingerprint density at radius 2 is 2.07 bits per heavy atom. The van der Waals surface area contributed by atoms with Gasteiger partial charge in [-0.1, -0.05) is 0 Å². The van der Waals surface area contributed by atoms with Crippen LogP contribution in [0, 0.1) is 6.92 Å². The van der Waals surface area contributed by atoms with E-state index in [4.69, 9.17) is 10.7 Å². The smallest absolute Gasteiger partial charge is 0.240 e. The van der Waals surface area contributed by atoms with Gasteiger partial charge in [-0.05, 0) is 28.9 Å². The quantitative estimate of drug-likeness (QED) is 0.621. The molecule has 84 valence electrons. The minimum atomic E-state index is -4.04. The van der Waals surface area contributed by atoms with Gasteiger partial charge < -0.3 is 0 Å². The van der Waals surface area contributed by atoms with Gasteiger partial charge in [0.1, 0.15) is 10.3 Å². The van der Waals surface area contributed by atoms with E-state index in [9.17, 15) is 17.2 Å². The summed E-state index contributed by atoms with van der Waals surface area (Å²) in [6.07, 6.45) is -2.85. The number of pyridine rings is 1. The summed E-state index contributed by atoms with van der Waals surface area (Å²) in [4.78, 5) is 3.13. The molecule has 0 amide bonds. The van der Waals surface area contributed by atoms with Crippen molar-refractivity contribution in [3.63, 3.8) is 0 Å². The van der Waals surface area contributed by atoms with E-state index < -0.39 is 21.2 Å². The Morgan fingerprint density at radius 3 is 2.47 bits per heavy atom. The normalized spacial score (nSPS) is 12.1. The van der Waals surface area contributed by atoms with Crippen LogP contribution in [0.2, 0.25) is 0 Å². The Bertz CT molecular complexity index is 492. The van der Waals surface area contributed by atoms with Crippen LogP contribution in [0.25, 0.3) is 0 Å². The highest BCUT2D eigenvalue weighted by Gasteiger charge is 2.20. The molecule has 8 heteroatoms. The van der Waals surface area contributed by atoms with Gasteiger partial charge in [0.2, 0.25) is 0 Å². The van der Waals surface area contributed by atoms with Crippen LogP contribution in [0.4, 0.5) is 8.78 Å². The van der Waals surface area contributed by atoms with Gasteiger partial charge >= 0.3 is 0 Å². The first-order valence-corrected chi connectivity index (χ1v) is 6.73. The second-order valence-corrected chi connectivity index (χ2v) is 5.99. The largest absolute Gasteiger partial charge is 0.280 e. The zero-order valence-corrected chi connectivity index (χ0v) is 10.5. The van der Waals surface area contributed by atoms with Crippen LogP contribution >= 0.6 is 26.6 Å². The molecule has 0 aliphatic rings. The summed E-state index contributed by atoms with van der Waals surface area (Å²) in [7, 11) is 1.05. The number of nitrogens with zero attached hydrogens (tertiary/aromatic N) is 1. The minimum absolute atomic E-state index is 0.0412. The molecule has 1 aromatic rings. The van der Waals surface area contributed by atoms with Crippen molar-refractivity contribution < 1.29 is 17.2 Å². The summed E-state index contributed by atoms with van der Waals surface area (Å²) in [6.45, 7) is 1.42. The second kappa shape index (κ2) is 4.31. The fourth-order valence-corrected chi connectivity index (χ4v) is 2.69. The molecule has 0 atom stereocenters. The van der Waals surface area contributed by atoms with E-state index in [1.54, 1.807) is 0 Å². The van der Waals surface area contributed by atoms with E-state index in [2.05, 4.69) is 20.9 Å². The maximum atomic E-state index is 12.3. The number of hydrogen-bond acceptors (Lipinski definition) is 3. The Hall–Kier alpha value is -0.270. The lowest BCUT2D eigenvalue weighted by Crippen LogP contribution is -2.01. The highest BCUT2D eigenvalue weighted by atomic mass is 79.9. The van der Waals surface area contributed by atoms with E-state index in [1.807, 2.05) is 0 Å². The first-order chi connectivity index (χ1) is 6.73. The third-order valence-electron chi connectivity index (χ3n) is 1.67. The van der Waals surface area contributed by atoms with Crippen molar-refractivity contribution in [1.29, 1.82) is 0 Å². The summed E-state index contributed by atoms with van der Waals surface area (Å²) in [5.41, 5.74) is -0.430. The highest BCUT2D eigenvalue weighted by molar-refractivity contribution is 9.10. The molecule has 0 spiro atoms. The molecule has 1 heterocycles. The van der Waals surface area contributed by atoms with Crippen molar-refractivity contribution >= 4 is 35.7 Å². The van der Waals surface area contributed by atoms with Gasteiger partial charge in [-0.15, -0.1) is 0 Å². The van der Waals surface area contributed by atoms with Crippen LogP contribution in [0.1, 0.15) is 17.7 Å².